The summed E-state index contributed by atoms with van der Waals surface area (Å²) in [6.07, 6.45) is 0.436. The van der Waals surface area contributed by atoms with Crippen molar-refractivity contribution in [3.63, 3.8) is 0 Å². The van der Waals surface area contributed by atoms with Crippen molar-refractivity contribution in [2.24, 2.45) is 0 Å². The maximum atomic E-state index is 12.1. The largest absolute Gasteiger partial charge is 0.497 e. The molecule has 2 amide bonds. The van der Waals surface area contributed by atoms with E-state index in [1.165, 1.54) is 0 Å². The predicted octanol–water partition coefficient (Wildman–Crippen LogP) is 3.63. The molecule has 1 heterocycles. The summed E-state index contributed by atoms with van der Waals surface area (Å²) in [4.78, 5) is 14.4. The van der Waals surface area contributed by atoms with Gasteiger partial charge in [0.1, 0.15) is 5.75 Å². The molecule has 6 nitrogen and oxygen atoms in total. The zero-order chi connectivity index (χ0) is 19.2. The first-order valence-electron chi connectivity index (χ1n) is 9.22. The van der Waals surface area contributed by atoms with Crippen LogP contribution in [0, 0.1) is 0 Å². The van der Waals surface area contributed by atoms with Crippen LogP contribution >= 0.6 is 0 Å². The molecule has 0 bridgehead atoms. The number of hydrogen-bond acceptors (Lipinski definition) is 4. The standard InChI is InChI=1S/C21H27N3O3/c1-15-13-24(14-16(2)27-15)19-8-6-18(7-9-19)23-21(25)22-12-17-4-10-20(26-3)11-5-17/h4-11,15-16H,12-14H2,1-3H3,(H2,22,23,25). The van der Waals surface area contributed by atoms with E-state index < -0.39 is 0 Å². The molecule has 2 atom stereocenters. The number of benzene rings is 2. The van der Waals surface area contributed by atoms with E-state index in [1.807, 2.05) is 48.5 Å². The fourth-order valence-corrected chi connectivity index (χ4v) is 3.25. The van der Waals surface area contributed by atoms with E-state index in [-0.39, 0.29) is 18.2 Å². The first-order chi connectivity index (χ1) is 13.0. The summed E-state index contributed by atoms with van der Waals surface area (Å²) in [6, 6.07) is 15.3. The van der Waals surface area contributed by atoms with Crippen LogP contribution in [0.15, 0.2) is 48.5 Å². The third-order valence-corrected chi connectivity index (χ3v) is 4.52. The molecular formula is C21H27N3O3. The first-order valence-corrected chi connectivity index (χ1v) is 9.22. The minimum atomic E-state index is -0.229. The predicted molar refractivity (Wildman–Crippen MR) is 108 cm³/mol. The van der Waals surface area contributed by atoms with Gasteiger partial charge in [-0.05, 0) is 55.8 Å². The number of ether oxygens (including phenoxy) is 2. The second kappa shape index (κ2) is 8.77. The van der Waals surface area contributed by atoms with Gasteiger partial charge in [-0.1, -0.05) is 12.1 Å². The quantitative estimate of drug-likeness (QED) is 0.845. The Balaban J connectivity index is 1.50. The molecule has 27 heavy (non-hydrogen) atoms. The van der Waals surface area contributed by atoms with E-state index in [9.17, 15) is 4.79 Å². The Bertz CT molecular complexity index is 736. The lowest BCUT2D eigenvalue weighted by molar-refractivity contribution is -0.00521. The van der Waals surface area contributed by atoms with Crippen LogP contribution in [0.3, 0.4) is 0 Å². The normalized spacial score (nSPS) is 19.4. The lowest BCUT2D eigenvalue weighted by atomic mass is 10.2. The van der Waals surface area contributed by atoms with Gasteiger partial charge >= 0.3 is 6.03 Å². The van der Waals surface area contributed by atoms with Gasteiger partial charge in [0.2, 0.25) is 0 Å². The number of carbonyl (C=O) groups excluding carboxylic acids is 1. The fraction of sp³-hybridized carbons (Fsp3) is 0.381. The number of morpholine rings is 1. The Morgan fingerprint density at radius 2 is 1.70 bits per heavy atom. The van der Waals surface area contributed by atoms with E-state index in [4.69, 9.17) is 9.47 Å². The van der Waals surface area contributed by atoms with Crippen LogP contribution in [-0.4, -0.2) is 38.4 Å². The second-order valence-corrected chi connectivity index (χ2v) is 6.86. The molecule has 6 heteroatoms. The summed E-state index contributed by atoms with van der Waals surface area (Å²) in [5.74, 6) is 0.798. The van der Waals surface area contributed by atoms with Crippen molar-refractivity contribution >= 4 is 17.4 Å². The fourth-order valence-electron chi connectivity index (χ4n) is 3.25. The van der Waals surface area contributed by atoms with Gasteiger partial charge in [0.25, 0.3) is 0 Å². The summed E-state index contributed by atoms with van der Waals surface area (Å²) >= 11 is 0. The van der Waals surface area contributed by atoms with Crippen LogP contribution in [0.2, 0.25) is 0 Å². The van der Waals surface area contributed by atoms with Crippen LogP contribution in [0.25, 0.3) is 0 Å². The van der Waals surface area contributed by atoms with Crippen molar-refractivity contribution in [3.05, 3.63) is 54.1 Å². The summed E-state index contributed by atoms with van der Waals surface area (Å²) in [5.41, 5.74) is 2.92. The number of urea groups is 1. The third kappa shape index (κ3) is 5.37. The maximum absolute atomic E-state index is 12.1. The summed E-state index contributed by atoms with van der Waals surface area (Å²) < 4.78 is 10.9. The highest BCUT2D eigenvalue weighted by molar-refractivity contribution is 5.89. The van der Waals surface area contributed by atoms with Gasteiger partial charge in [-0.2, -0.15) is 0 Å². The molecule has 2 N–H and O–H groups in total. The van der Waals surface area contributed by atoms with Crippen LogP contribution < -0.4 is 20.3 Å². The molecule has 1 aliphatic rings. The van der Waals surface area contributed by atoms with Crippen LogP contribution in [-0.2, 0) is 11.3 Å². The summed E-state index contributed by atoms with van der Waals surface area (Å²) in [7, 11) is 1.63. The highest BCUT2D eigenvalue weighted by atomic mass is 16.5. The first kappa shape index (κ1) is 19.0. The van der Waals surface area contributed by atoms with Gasteiger partial charge < -0.3 is 25.0 Å². The van der Waals surface area contributed by atoms with E-state index in [0.29, 0.717) is 6.54 Å². The zero-order valence-corrected chi connectivity index (χ0v) is 16.1. The monoisotopic (exact) mass is 369 g/mol. The van der Waals surface area contributed by atoms with E-state index in [0.717, 1.165) is 35.8 Å². The smallest absolute Gasteiger partial charge is 0.319 e. The highest BCUT2D eigenvalue weighted by Gasteiger charge is 2.22. The van der Waals surface area contributed by atoms with Gasteiger partial charge in [0.15, 0.2) is 0 Å². The molecule has 2 aromatic carbocycles. The van der Waals surface area contributed by atoms with E-state index in [2.05, 4.69) is 29.4 Å². The topological polar surface area (TPSA) is 62.8 Å². The number of rotatable bonds is 5. The lowest BCUT2D eigenvalue weighted by Gasteiger charge is -2.36. The van der Waals surface area contributed by atoms with Gasteiger partial charge in [-0.15, -0.1) is 0 Å². The zero-order valence-electron chi connectivity index (χ0n) is 16.1. The minimum absolute atomic E-state index is 0.218. The molecule has 0 saturated carbocycles. The molecule has 144 valence electrons. The lowest BCUT2D eigenvalue weighted by Crippen LogP contribution is -2.45. The van der Waals surface area contributed by atoms with Gasteiger partial charge in [-0.3, -0.25) is 0 Å². The van der Waals surface area contributed by atoms with Crippen LogP contribution in [0.4, 0.5) is 16.2 Å². The molecule has 3 rings (SSSR count). The Labute approximate surface area is 160 Å². The number of amides is 2. The number of hydrogen-bond donors (Lipinski definition) is 2. The van der Waals surface area contributed by atoms with Gasteiger partial charge in [-0.25, -0.2) is 4.79 Å². The Morgan fingerprint density at radius 3 is 2.30 bits per heavy atom. The van der Waals surface area contributed by atoms with E-state index >= 15 is 0 Å². The maximum Gasteiger partial charge on any atom is 0.319 e. The second-order valence-electron chi connectivity index (χ2n) is 6.86. The van der Waals surface area contributed by atoms with Crippen LogP contribution in [0.1, 0.15) is 19.4 Å². The van der Waals surface area contributed by atoms with Crippen molar-refractivity contribution in [1.29, 1.82) is 0 Å². The molecule has 1 saturated heterocycles. The Morgan fingerprint density at radius 1 is 1.07 bits per heavy atom. The SMILES string of the molecule is COc1ccc(CNC(=O)Nc2ccc(N3CC(C)OC(C)C3)cc2)cc1. The average Bonchev–Trinajstić information content (AvgIpc) is 2.66. The molecule has 2 unspecified atom stereocenters. The van der Waals surface area contributed by atoms with Gasteiger partial charge in [0.05, 0.1) is 19.3 Å². The number of carbonyl (C=O) groups is 1. The average molecular weight is 369 g/mol. The molecule has 1 aliphatic heterocycles. The van der Waals surface area contributed by atoms with Crippen molar-refractivity contribution < 1.29 is 14.3 Å². The van der Waals surface area contributed by atoms with Crippen molar-refractivity contribution in [2.45, 2.75) is 32.6 Å². The number of nitrogens with zero attached hydrogens (tertiary/aromatic N) is 1. The van der Waals surface area contributed by atoms with Crippen molar-refractivity contribution in [2.75, 3.05) is 30.4 Å². The van der Waals surface area contributed by atoms with Gasteiger partial charge in [0, 0.05) is 31.0 Å². The number of nitrogens with one attached hydrogen (secondary N) is 2. The Hall–Kier alpha value is -2.73. The molecule has 0 aliphatic carbocycles. The summed E-state index contributed by atoms with van der Waals surface area (Å²) in [6.45, 7) is 6.38. The summed E-state index contributed by atoms with van der Waals surface area (Å²) in [5, 5.41) is 5.72. The number of anilines is 2. The third-order valence-electron chi connectivity index (χ3n) is 4.52. The molecule has 0 spiro atoms. The highest BCUT2D eigenvalue weighted by Crippen LogP contribution is 2.22. The molecular weight excluding hydrogens is 342 g/mol. The molecule has 2 aromatic rings. The molecule has 0 aromatic heterocycles. The number of methoxy groups -OCH3 is 1. The molecule has 1 fully saturated rings. The van der Waals surface area contributed by atoms with Crippen molar-refractivity contribution in [1.82, 2.24) is 5.32 Å². The molecule has 0 radical (unpaired) electrons. The minimum Gasteiger partial charge on any atom is -0.497 e. The van der Waals surface area contributed by atoms with Crippen LogP contribution in [0.5, 0.6) is 5.75 Å². The van der Waals surface area contributed by atoms with E-state index in [1.54, 1.807) is 7.11 Å². The van der Waals surface area contributed by atoms with Crippen molar-refractivity contribution in [3.8, 4) is 5.75 Å². The Kier molecular flexibility index (Phi) is 6.19.